The number of aliphatic hydroxyl groups excluding tert-OH is 1. The van der Waals surface area contributed by atoms with Gasteiger partial charge in [0.1, 0.15) is 0 Å². The summed E-state index contributed by atoms with van der Waals surface area (Å²) in [5, 5.41) is 9.92. The van der Waals surface area contributed by atoms with Crippen LogP contribution in [0, 0.1) is 0 Å². The van der Waals surface area contributed by atoms with Crippen molar-refractivity contribution in [2.45, 2.75) is 25.9 Å². The Bertz CT molecular complexity index is 425. The minimum absolute atomic E-state index is 0.493. The summed E-state index contributed by atoms with van der Waals surface area (Å²) in [5.41, 5.74) is 3.86. The van der Waals surface area contributed by atoms with E-state index in [4.69, 9.17) is 0 Å². The molecule has 0 aromatic carbocycles. The average Bonchev–Trinajstić information content (AvgIpc) is 2.83. The Labute approximate surface area is 98.8 Å². The summed E-state index contributed by atoms with van der Waals surface area (Å²) in [4.78, 5) is 9.16. The van der Waals surface area contributed by atoms with Crippen LogP contribution in [0.2, 0.25) is 0 Å². The van der Waals surface area contributed by atoms with Gasteiger partial charge in [0.05, 0.1) is 16.5 Å². The largest absolute Gasteiger partial charge is 0.387 e. The van der Waals surface area contributed by atoms with E-state index in [1.165, 1.54) is 16.9 Å². The maximum atomic E-state index is 9.92. The minimum Gasteiger partial charge on any atom is -0.387 e. The van der Waals surface area contributed by atoms with Gasteiger partial charge in [-0.2, -0.15) is 0 Å². The fourth-order valence-corrected chi connectivity index (χ4v) is 2.08. The van der Waals surface area contributed by atoms with E-state index in [9.17, 15) is 5.11 Å². The Hall–Kier alpha value is -1.26. The third kappa shape index (κ3) is 2.65. The number of aliphatic hydroxyl groups is 1. The highest BCUT2D eigenvalue weighted by Gasteiger charge is 2.10. The summed E-state index contributed by atoms with van der Waals surface area (Å²) in [7, 11) is 0. The monoisotopic (exact) mass is 234 g/mol. The molecule has 2 heterocycles. The third-order valence-corrected chi connectivity index (χ3v) is 3.35. The van der Waals surface area contributed by atoms with E-state index in [1.54, 1.807) is 11.7 Å². The molecule has 0 aliphatic carbocycles. The Morgan fingerprint density at radius 1 is 1.38 bits per heavy atom. The van der Waals surface area contributed by atoms with E-state index in [0.717, 1.165) is 17.0 Å². The molecule has 2 rings (SSSR count). The second-order valence-electron chi connectivity index (χ2n) is 3.64. The predicted molar refractivity (Wildman–Crippen MR) is 64.4 cm³/mol. The lowest BCUT2D eigenvalue weighted by molar-refractivity contribution is 0.181. The SMILES string of the molecule is CCc1ccc(CC(O)c2cncs2)nc1. The molecule has 0 saturated heterocycles. The van der Waals surface area contributed by atoms with Crippen LogP contribution in [0.1, 0.15) is 29.2 Å². The van der Waals surface area contributed by atoms with Crippen molar-refractivity contribution in [2.24, 2.45) is 0 Å². The molecule has 0 aliphatic heterocycles. The Balaban J connectivity index is 2.03. The molecule has 0 radical (unpaired) electrons. The van der Waals surface area contributed by atoms with Crippen molar-refractivity contribution in [1.82, 2.24) is 9.97 Å². The molecular formula is C12H14N2OS. The first kappa shape index (κ1) is 11.2. The number of hydrogen-bond donors (Lipinski definition) is 1. The molecule has 2 aromatic rings. The van der Waals surface area contributed by atoms with Crippen molar-refractivity contribution >= 4 is 11.3 Å². The Morgan fingerprint density at radius 2 is 2.25 bits per heavy atom. The molecule has 0 spiro atoms. The Kier molecular flexibility index (Phi) is 3.64. The first-order chi connectivity index (χ1) is 7.79. The number of nitrogens with zero attached hydrogens (tertiary/aromatic N) is 2. The lowest BCUT2D eigenvalue weighted by Gasteiger charge is -2.07. The number of hydrogen-bond acceptors (Lipinski definition) is 4. The molecule has 1 atom stereocenters. The van der Waals surface area contributed by atoms with Gasteiger partial charge in [0.25, 0.3) is 0 Å². The van der Waals surface area contributed by atoms with Crippen molar-refractivity contribution in [2.75, 3.05) is 0 Å². The zero-order valence-corrected chi connectivity index (χ0v) is 9.94. The van der Waals surface area contributed by atoms with Gasteiger partial charge in [-0.15, -0.1) is 11.3 Å². The first-order valence-corrected chi connectivity index (χ1v) is 6.18. The highest BCUT2D eigenvalue weighted by molar-refractivity contribution is 7.09. The van der Waals surface area contributed by atoms with Gasteiger partial charge in [-0.25, -0.2) is 0 Å². The normalized spacial score (nSPS) is 12.6. The lowest BCUT2D eigenvalue weighted by Crippen LogP contribution is -2.01. The molecule has 4 heteroatoms. The predicted octanol–water partition coefficient (Wildman–Crippen LogP) is 2.38. The first-order valence-electron chi connectivity index (χ1n) is 5.30. The van der Waals surface area contributed by atoms with Gasteiger partial charge in [0.2, 0.25) is 0 Å². The molecule has 1 unspecified atom stereocenters. The van der Waals surface area contributed by atoms with Crippen LogP contribution in [0.15, 0.2) is 30.0 Å². The lowest BCUT2D eigenvalue weighted by atomic mass is 10.1. The zero-order valence-electron chi connectivity index (χ0n) is 9.13. The smallest absolute Gasteiger partial charge is 0.0953 e. The van der Waals surface area contributed by atoms with Crippen LogP contribution in [0.4, 0.5) is 0 Å². The topological polar surface area (TPSA) is 46.0 Å². The third-order valence-electron chi connectivity index (χ3n) is 2.48. The number of aryl methyl sites for hydroxylation is 1. The summed E-state index contributed by atoms with van der Waals surface area (Å²) < 4.78 is 0. The van der Waals surface area contributed by atoms with E-state index >= 15 is 0 Å². The second-order valence-corrected chi connectivity index (χ2v) is 4.55. The van der Waals surface area contributed by atoms with Gasteiger partial charge in [-0.05, 0) is 18.1 Å². The Morgan fingerprint density at radius 3 is 2.81 bits per heavy atom. The van der Waals surface area contributed by atoms with Crippen molar-refractivity contribution in [1.29, 1.82) is 0 Å². The fraction of sp³-hybridized carbons (Fsp3) is 0.333. The van der Waals surface area contributed by atoms with Gasteiger partial charge in [-0.3, -0.25) is 9.97 Å². The van der Waals surface area contributed by atoms with Gasteiger partial charge < -0.3 is 5.11 Å². The molecule has 1 N–H and O–H groups in total. The second kappa shape index (κ2) is 5.18. The summed E-state index contributed by atoms with van der Waals surface area (Å²) in [6.45, 7) is 2.10. The van der Waals surface area contributed by atoms with Crippen molar-refractivity contribution < 1.29 is 5.11 Å². The average molecular weight is 234 g/mol. The number of aromatic nitrogens is 2. The molecular weight excluding hydrogens is 220 g/mol. The van der Waals surface area contributed by atoms with E-state index in [-0.39, 0.29) is 0 Å². The highest BCUT2D eigenvalue weighted by Crippen LogP contribution is 2.20. The maximum Gasteiger partial charge on any atom is 0.0953 e. The minimum atomic E-state index is -0.493. The molecule has 0 amide bonds. The summed E-state index contributed by atoms with van der Waals surface area (Å²) in [6.07, 6.45) is 4.62. The van der Waals surface area contributed by atoms with Gasteiger partial charge in [0.15, 0.2) is 0 Å². The molecule has 0 aliphatic rings. The zero-order chi connectivity index (χ0) is 11.4. The van der Waals surface area contributed by atoms with Crippen LogP contribution in [0.5, 0.6) is 0 Å². The van der Waals surface area contributed by atoms with Gasteiger partial charge in [-0.1, -0.05) is 13.0 Å². The molecule has 84 valence electrons. The molecule has 0 bridgehead atoms. The fourth-order valence-electron chi connectivity index (χ4n) is 1.47. The van der Waals surface area contributed by atoms with E-state index in [2.05, 4.69) is 23.0 Å². The van der Waals surface area contributed by atoms with Crippen molar-refractivity contribution in [3.63, 3.8) is 0 Å². The maximum absolute atomic E-state index is 9.92. The van der Waals surface area contributed by atoms with Crippen molar-refractivity contribution in [3.05, 3.63) is 46.2 Å². The van der Waals surface area contributed by atoms with Crippen molar-refractivity contribution in [3.8, 4) is 0 Å². The molecule has 3 nitrogen and oxygen atoms in total. The van der Waals surface area contributed by atoms with E-state index < -0.39 is 6.10 Å². The quantitative estimate of drug-likeness (QED) is 0.883. The highest BCUT2D eigenvalue weighted by atomic mass is 32.1. The van der Waals surface area contributed by atoms with Crippen LogP contribution in [0.3, 0.4) is 0 Å². The van der Waals surface area contributed by atoms with Crippen LogP contribution < -0.4 is 0 Å². The van der Waals surface area contributed by atoms with Gasteiger partial charge >= 0.3 is 0 Å². The van der Waals surface area contributed by atoms with Gasteiger partial charge in [0, 0.05) is 24.5 Å². The number of pyridine rings is 1. The van der Waals surface area contributed by atoms with E-state index in [1.807, 2.05) is 12.3 Å². The van der Waals surface area contributed by atoms with Crippen LogP contribution in [-0.4, -0.2) is 15.1 Å². The molecule has 2 aromatic heterocycles. The van der Waals surface area contributed by atoms with Crippen LogP contribution >= 0.6 is 11.3 Å². The standard InChI is InChI=1S/C12H14N2OS/c1-2-9-3-4-10(14-6-9)5-11(15)12-7-13-8-16-12/h3-4,6-8,11,15H,2,5H2,1H3. The van der Waals surface area contributed by atoms with Crippen LogP contribution in [0.25, 0.3) is 0 Å². The summed E-state index contributed by atoms with van der Waals surface area (Å²) in [6, 6.07) is 4.03. The summed E-state index contributed by atoms with van der Waals surface area (Å²) in [5.74, 6) is 0. The molecule has 0 saturated carbocycles. The molecule has 16 heavy (non-hydrogen) atoms. The van der Waals surface area contributed by atoms with Crippen LogP contribution in [-0.2, 0) is 12.8 Å². The van der Waals surface area contributed by atoms with E-state index in [0.29, 0.717) is 6.42 Å². The summed E-state index contributed by atoms with van der Waals surface area (Å²) >= 11 is 1.47. The molecule has 0 fully saturated rings. The number of thiazole rings is 1. The number of rotatable bonds is 4.